The van der Waals surface area contributed by atoms with Crippen molar-refractivity contribution in [2.75, 3.05) is 14.2 Å². The Labute approximate surface area is 124 Å². The molecule has 0 unspecified atom stereocenters. The number of rotatable bonds is 5. The molecule has 1 aromatic heterocycles. The molecule has 4 heteroatoms. The second kappa shape index (κ2) is 6.70. The van der Waals surface area contributed by atoms with Gasteiger partial charge in [-0.1, -0.05) is 6.08 Å². The van der Waals surface area contributed by atoms with E-state index in [9.17, 15) is 4.79 Å². The lowest BCUT2D eigenvalue weighted by Crippen LogP contribution is -2.03. The van der Waals surface area contributed by atoms with E-state index in [2.05, 4.69) is 4.98 Å². The summed E-state index contributed by atoms with van der Waals surface area (Å²) in [5, 5.41) is 0. The highest BCUT2D eigenvalue weighted by atomic mass is 16.5. The van der Waals surface area contributed by atoms with Crippen LogP contribution in [0.2, 0.25) is 0 Å². The topological polar surface area (TPSA) is 48.4 Å². The Balaban J connectivity index is 2.33. The molecule has 0 aliphatic carbocycles. The maximum absolute atomic E-state index is 12.4. The lowest BCUT2D eigenvalue weighted by molar-refractivity contribution is 0.104. The minimum absolute atomic E-state index is 0.108. The van der Waals surface area contributed by atoms with Crippen LogP contribution >= 0.6 is 0 Å². The molecule has 0 amide bonds. The zero-order valence-corrected chi connectivity index (χ0v) is 12.3. The summed E-state index contributed by atoms with van der Waals surface area (Å²) in [7, 11) is 3.12. The van der Waals surface area contributed by atoms with Gasteiger partial charge in [0.1, 0.15) is 11.5 Å². The summed E-state index contributed by atoms with van der Waals surface area (Å²) in [5.74, 6) is 1.07. The molecule has 108 valence electrons. The Hall–Kier alpha value is -2.62. The van der Waals surface area contributed by atoms with E-state index in [0.29, 0.717) is 17.1 Å². The Morgan fingerprint density at radius 2 is 1.86 bits per heavy atom. The lowest BCUT2D eigenvalue weighted by Gasteiger charge is -2.11. The van der Waals surface area contributed by atoms with E-state index in [4.69, 9.17) is 9.47 Å². The molecule has 4 nitrogen and oxygen atoms in total. The standard InChI is InChI=1S/C17H17NO3/c1-12-10-14(20-2)11-16(21-3)17(12)15(19)5-4-13-6-8-18-9-7-13/h4-11H,1-3H3. The number of aryl methyl sites for hydroxylation is 1. The highest BCUT2D eigenvalue weighted by Gasteiger charge is 2.14. The first-order valence-corrected chi connectivity index (χ1v) is 6.50. The molecular formula is C17H17NO3. The first-order valence-electron chi connectivity index (χ1n) is 6.50. The molecule has 0 radical (unpaired) electrons. The Bertz CT molecular complexity index is 663. The van der Waals surface area contributed by atoms with E-state index in [1.165, 1.54) is 13.2 Å². The van der Waals surface area contributed by atoms with E-state index < -0.39 is 0 Å². The SMILES string of the molecule is COc1cc(C)c(C(=O)C=Cc2ccncc2)c(OC)c1. The van der Waals surface area contributed by atoms with Crippen molar-refractivity contribution >= 4 is 11.9 Å². The Morgan fingerprint density at radius 3 is 2.48 bits per heavy atom. The molecule has 0 spiro atoms. The van der Waals surface area contributed by atoms with Crippen molar-refractivity contribution < 1.29 is 14.3 Å². The summed E-state index contributed by atoms with van der Waals surface area (Å²) in [4.78, 5) is 16.3. The normalized spacial score (nSPS) is 10.6. The molecule has 2 aromatic rings. The number of hydrogen-bond donors (Lipinski definition) is 0. The highest BCUT2D eigenvalue weighted by Crippen LogP contribution is 2.29. The summed E-state index contributed by atoms with van der Waals surface area (Å²) >= 11 is 0. The Morgan fingerprint density at radius 1 is 1.14 bits per heavy atom. The van der Waals surface area contributed by atoms with E-state index in [1.807, 2.05) is 25.1 Å². The number of allylic oxidation sites excluding steroid dienone is 1. The van der Waals surface area contributed by atoms with Gasteiger partial charge in [-0.3, -0.25) is 9.78 Å². The summed E-state index contributed by atoms with van der Waals surface area (Å²) in [6, 6.07) is 7.19. The second-order valence-electron chi connectivity index (χ2n) is 4.50. The summed E-state index contributed by atoms with van der Waals surface area (Å²) < 4.78 is 10.5. The van der Waals surface area contributed by atoms with Gasteiger partial charge in [-0.15, -0.1) is 0 Å². The van der Waals surface area contributed by atoms with Gasteiger partial charge >= 0.3 is 0 Å². The second-order valence-corrected chi connectivity index (χ2v) is 4.50. The summed E-state index contributed by atoms with van der Waals surface area (Å²) in [5.41, 5.74) is 2.28. The number of ketones is 1. The van der Waals surface area contributed by atoms with Crippen LogP contribution in [0.3, 0.4) is 0 Å². The highest BCUT2D eigenvalue weighted by molar-refractivity contribution is 6.09. The van der Waals surface area contributed by atoms with E-state index in [1.54, 1.807) is 31.6 Å². The molecule has 2 rings (SSSR count). The molecule has 1 heterocycles. The van der Waals surface area contributed by atoms with Crippen LogP contribution in [0.15, 0.2) is 42.7 Å². The van der Waals surface area contributed by atoms with Crippen molar-refractivity contribution in [3.63, 3.8) is 0 Å². The molecule has 21 heavy (non-hydrogen) atoms. The smallest absolute Gasteiger partial charge is 0.189 e. The first-order chi connectivity index (χ1) is 10.2. The molecule has 0 atom stereocenters. The van der Waals surface area contributed by atoms with Crippen LogP contribution in [0.5, 0.6) is 11.5 Å². The fourth-order valence-electron chi connectivity index (χ4n) is 2.05. The van der Waals surface area contributed by atoms with Crippen LogP contribution in [0, 0.1) is 6.92 Å². The predicted octanol–water partition coefficient (Wildman–Crippen LogP) is 3.30. The number of ether oxygens (including phenoxy) is 2. The minimum Gasteiger partial charge on any atom is -0.497 e. The summed E-state index contributed by atoms with van der Waals surface area (Å²) in [6.45, 7) is 1.86. The molecule has 0 saturated heterocycles. The molecular weight excluding hydrogens is 266 g/mol. The van der Waals surface area contributed by atoms with Crippen molar-refractivity contribution in [1.29, 1.82) is 0 Å². The van der Waals surface area contributed by atoms with E-state index >= 15 is 0 Å². The van der Waals surface area contributed by atoms with E-state index in [0.717, 1.165) is 11.1 Å². The lowest BCUT2D eigenvalue weighted by atomic mass is 10.0. The minimum atomic E-state index is -0.108. The number of pyridine rings is 1. The van der Waals surface area contributed by atoms with Gasteiger partial charge < -0.3 is 9.47 Å². The van der Waals surface area contributed by atoms with Gasteiger partial charge in [-0.2, -0.15) is 0 Å². The van der Waals surface area contributed by atoms with Gasteiger partial charge in [-0.05, 0) is 42.3 Å². The largest absolute Gasteiger partial charge is 0.497 e. The van der Waals surface area contributed by atoms with Crippen molar-refractivity contribution in [3.8, 4) is 11.5 Å². The molecule has 0 fully saturated rings. The number of hydrogen-bond acceptors (Lipinski definition) is 4. The number of benzene rings is 1. The molecule has 0 aliphatic heterocycles. The quantitative estimate of drug-likeness (QED) is 0.624. The predicted molar refractivity (Wildman–Crippen MR) is 81.9 cm³/mol. The molecule has 0 aliphatic rings. The fraction of sp³-hybridized carbons (Fsp3) is 0.176. The van der Waals surface area contributed by atoms with Crippen LogP contribution in [-0.2, 0) is 0 Å². The molecule has 0 bridgehead atoms. The maximum atomic E-state index is 12.4. The van der Waals surface area contributed by atoms with Crippen LogP contribution < -0.4 is 9.47 Å². The third-order valence-corrected chi connectivity index (χ3v) is 3.11. The van der Waals surface area contributed by atoms with Gasteiger partial charge in [0, 0.05) is 18.5 Å². The van der Waals surface area contributed by atoms with Crippen LogP contribution in [0.25, 0.3) is 6.08 Å². The zero-order chi connectivity index (χ0) is 15.2. The average molecular weight is 283 g/mol. The van der Waals surface area contributed by atoms with Crippen molar-refractivity contribution in [2.24, 2.45) is 0 Å². The Kier molecular flexibility index (Phi) is 4.72. The summed E-state index contributed by atoms with van der Waals surface area (Å²) in [6.07, 6.45) is 6.66. The van der Waals surface area contributed by atoms with Crippen LogP contribution in [0.4, 0.5) is 0 Å². The van der Waals surface area contributed by atoms with Gasteiger partial charge in [0.05, 0.1) is 19.8 Å². The third kappa shape index (κ3) is 3.48. The number of methoxy groups -OCH3 is 2. The van der Waals surface area contributed by atoms with Crippen LogP contribution in [0.1, 0.15) is 21.5 Å². The molecule has 1 aromatic carbocycles. The molecule has 0 N–H and O–H groups in total. The van der Waals surface area contributed by atoms with Gasteiger partial charge in [0.15, 0.2) is 5.78 Å². The van der Waals surface area contributed by atoms with Gasteiger partial charge in [0.2, 0.25) is 0 Å². The van der Waals surface area contributed by atoms with Crippen molar-refractivity contribution in [3.05, 3.63) is 59.4 Å². The first kappa shape index (κ1) is 14.8. The molecule has 0 saturated carbocycles. The number of carbonyl (C=O) groups is 1. The van der Waals surface area contributed by atoms with E-state index in [-0.39, 0.29) is 5.78 Å². The number of nitrogens with zero attached hydrogens (tertiary/aromatic N) is 1. The van der Waals surface area contributed by atoms with Crippen LogP contribution in [-0.4, -0.2) is 25.0 Å². The van der Waals surface area contributed by atoms with Crippen molar-refractivity contribution in [1.82, 2.24) is 4.98 Å². The average Bonchev–Trinajstić information content (AvgIpc) is 2.52. The van der Waals surface area contributed by atoms with Gasteiger partial charge in [-0.25, -0.2) is 0 Å². The monoisotopic (exact) mass is 283 g/mol. The van der Waals surface area contributed by atoms with Crippen molar-refractivity contribution in [2.45, 2.75) is 6.92 Å². The third-order valence-electron chi connectivity index (χ3n) is 3.11. The van der Waals surface area contributed by atoms with Gasteiger partial charge in [0.25, 0.3) is 0 Å². The number of aromatic nitrogens is 1. The maximum Gasteiger partial charge on any atom is 0.189 e. The zero-order valence-electron chi connectivity index (χ0n) is 12.3. The fourth-order valence-corrected chi connectivity index (χ4v) is 2.05. The number of carbonyl (C=O) groups excluding carboxylic acids is 1.